The lowest BCUT2D eigenvalue weighted by atomic mass is 9.79. The Kier molecular flexibility index (Phi) is 21.0. The molecule has 1 aliphatic carbocycles. The topological polar surface area (TPSA) is 181 Å². The molecule has 14 nitrogen and oxygen atoms in total. The normalized spacial score (nSPS) is 11.8. The Hall–Kier alpha value is -17.6. The zero-order chi connectivity index (χ0) is 87.6. The van der Waals surface area contributed by atoms with E-state index in [-0.39, 0.29) is 5.41 Å². The fourth-order valence-corrected chi connectivity index (χ4v) is 18.0. The van der Waals surface area contributed by atoms with Gasteiger partial charge in [0.1, 0.15) is 17.1 Å². The standard InChI is InChI=1S/C43H29N5.C40H30N4.C34H23N5/c1-3-9-29(10-4-1)30-15-19-32(20-16-30)38-26-39(47-43(46-38)40-27-44-28-45-40)33-21-17-31(18-22-33)34-23-24-37-36-13-7-8-14-41(36)48(42(37)25-34)35-11-5-2-6-12-35;1-40(2)34-14-7-6-11-32(34)33-13-8-12-31(38(33)40)28-17-21-30(22-18-28)36-23-35(43-39(44-36)37-24-41-25-42-37)29-19-15-27(16-20-29)26-9-4-3-5-10-26;1-2-6-23(7-3-1)24-11-15-26(16-12-24)30-20-31(39-34(38-30)32-21-35-22-37-32)27-17-13-25(14-18-27)29-10-4-8-28-9-5-19-36-33(28)29/h1-28H,(H,44,45);3-25H,1-2H3,(H,41,42);1-22H,(H,35,37). The lowest BCUT2D eigenvalue weighted by molar-refractivity contribution is 0.662. The third kappa shape index (κ3) is 15.9. The summed E-state index contributed by atoms with van der Waals surface area (Å²) in [7, 11) is 0. The van der Waals surface area contributed by atoms with Crippen LogP contribution in [0.3, 0.4) is 0 Å². The smallest absolute Gasteiger partial charge is 0.178 e. The van der Waals surface area contributed by atoms with E-state index in [0.29, 0.717) is 17.5 Å². The number of aromatic nitrogens is 14. The number of aromatic amines is 3. The monoisotopic (exact) mass is 1680 g/mol. The molecule has 0 unspecified atom stereocenters. The molecular weight excluding hydrogens is 1600 g/mol. The van der Waals surface area contributed by atoms with E-state index in [0.717, 1.165) is 123 Å². The Bertz CT molecular complexity index is 8000. The highest BCUT2D eigenvalue weighted by atomic mass is 15.0. The molecule has 0 spiro atoms. The summed E-state index contributed by atoms with van der Waals surface area (Å²) in [5.74, 6) is 1.83. The maximum absolute atomic E-state index is 4.96. The second-order valence-electron chi connectivity index (χ2n) is 33.0. The lowest BCUT2D eigenvalue weighted by Gasteiger charge is -2.24. The van der Waals surface area contributed by atoms with E-state index in [1.165, 1.54) is 88.6 Å². The first-order valence-electron chi connectivity index (χ1n) is 43.8. The molecule has 620 valence electrons. The first-order chi connectivity index (χ1) is 64.7. The maximum atomic E-state index is 4.96. The average molecular weight is 1680 g/mol. The van der Waals surface area contributed by atoms with Crippen molar-refractivity contribution in [3.05, 3.63) is 455 Å². The van der Waals surface area contributed by atoms with E-state index < -0.39 is 0 Å². The van der Waals surface area contributed by atoms with Gasteiger partial charge in [-0.25, -0.2) is 44.9 Å². The van der Waals surface area contributed by atoms with Crippen molar-refractivity contribution in [2.75, 3.05) is 0 Å². The highest BCUT2D eigenvalue weighted by molar-refractivity contribution is 6.10. The number of benzene rings is 15. The number of fused-ring (bicyclic) bond motifs is 7. The van der Waals surface area contributed by atoms with Gasteiger partial charge in [-0.05, 0) is 132 Å². The number of nitrogens with one attached hydrogen (secondary N) is 3. The first kappa shape index (κ1) is 79.3. The van der Waals surface area contributed by atoms with Crippen molar-refractivity contribution in [3.8, 4) is 186 Å². The summed E-state index contributed by atoms with van der Waals surface area (Å²) in [6.45, 7) is 4.67. The molecular formula is C117H82N14. The third-order valence-corrected chi connectivity index (χ3v) is 24.7. The van der Waals surface area contributed by atoms with Gasteiger partial charge in [0.25, 0.3) is 0 Å². The van der Waals surface area contributed by atoms with Gasteiger partial charge in [0.15, 0.2) is 17.5 Å². The Morgan fingerprint density at radius 2 is 0.573 bits per heavy atom. The van der Waals surface area contributed by atoms with Gasteiger partial charge in [-0.1, -0.05) is 366 Å². The van der Waals surface area contributed by atoms with E-state index in [2.05, 4.69) is 423 Å². The second-order valence-corrected chi connectivity index (χ2v) is 33.0. The van der Waals surface area contributed by atoms with Crippen LogP contribution in [0.5, 0.6) is 0 Å². The molecule has 1 aliphatic rings. The molecule has 23 aromatic rings. The Balaban J connectivity index is 0.000000116. The van der Waals surface area contributed by atoms with Crippen LogP contribution in [0.1, 0.15) is 25.0 Å². The molecule has 3 N–H and O–H groups in total. The van der Waals surface area contributed by atoms with Crippen LogP contribution in [0.25, 0.3) is 218 Å². The predicted molar refractivity (Wildman–Crippen MR) is 531 cm³/mol. The number of pyridine rings is 1. The van der Waals surface area contributed by atoms with Crippen LogP contribution < -0.4 is 0 Å². The summed E-state index contributed by atoms with van der Waals surface area (Å²) in [4.78, 5) is 56.3. The van der Waals surface area contributed by atoms with Gasteiger partial charge >= 0.3 is 0 Å². The molecule has 0 saturated carbocycles. The molecule has 0 fully saturated rings. The number of imidazole rings is 3. The van der Waals surface area contributed by atoms with Crippen molar-refractivity contribution in [3.63, 3.8) is 0 Å². The Morgan fingerprint density at radius 1 is 0.244 bits per heavy atom. The molecule has 0 atom stereocenters. The molecule has 0 radical (unpaired) electrons. The van der Waals surface area contributed by atoms with Crippen LogP contribution >= 0.6 is 0 Å². The largest absolute Gasteiger partial charge is 0.342 e. The molecule has 8 aromatic heterocycles. The van der Waals surface area contributed by atoms with Crippen LogP contribution in [0, 0.1) is 0 Å². The molecule has 0 bridgehead atoms. The van der Waals surface area contributed by atoms with Crippen molar-refractivity contribution in [2.24, 2.45) is 0 Å². The molecule has 14 heteroatoms. The van der Waals surface area contributed by atoms with Crippen molar-refractivity contribution in [1.82, 2.24) is 69.4 Å². The summed E-state index contributed by atoms with van der Waals surface area (Å²) in [5, 5.41) is 3.62. The quantitative estimate of drug-likeness (QED) is 0.0842. The minimum absolute atomic E-state index is 0.0716. The highest BCUT2D eigenvalue weighted by Crippen LogP contribution is 2.52. The van der Waals surface area contributed by atoms with Gasteiger partial charge < -0.3 is 19.5 Å². The van der Waals surface area contributed by atoms with Crippen LogP contribution in [0.15, 0.2) is 444 Å². The van der Waals surface area contributed by atoms with E-state index in [1.54, 1.807) is 37.6 Å². The molecule has 0 saturated heterocycles. The second kappa shape index (κ2) is 34.7. The fraction of sp³-hybridized carbons (Fsp3) is 0.0256. The van der Waals surface area contributed by atoms with E-state index in [9.17, 15) is 0 Å². The van der Waals surface area contributed by atoms with Crippen molar-refractivity contribution in [1.29, 1.82) is 0 Å². The van der Waals surface area contributed by atoms with Gasteiger partial charge in [0, 0.05) is 72.4 Å². The maximum Gasteiger partial charge on any atom is 0.178 e. The number of H-pyrrole nitrogens is 3. The number of hydrogen-bond acceptors (Lipinski definition) is 10. The molecule has 8 heterocycles. The Morgan fingerprint density at radius 3 is 1.02 bits per heavy atom. The third-order valence-electron chi connectivity index (χ3n) is 24.7. The van der Waals surface area contributed by atoms with Gasteiger partial charge in [-0.15, -0.1) is 0 Å². The lowest BCUT2D eigenvalue weighted by Crippen LogP contribution is -2.16. The van der Waals surface area contributed by atoms with E-state index >= 15 is 0 Å². The van der Waals surface area contributed by atoms with Gasteiger partial charge in [-0.3, -0.25) is 4.98 Å². The van der Waals surface area contributed by atoms with Crippen molar-refractivity contribution < 1.29 is 0 Å². The van der Waals surface area contributed by atoms with Crippen LogP contribution in [-0.4, -0.2) is 69.4 Å². The van der Waals surface area contributed by atoms with Crippen molar-refractivity contribution in [2.45, 2.75) is 19.3 Å². The molecule has 24 rings (SSSR count). The molecule has 0 aliphatic heterocycles. The highest BCUT2D eigenvalue weighted by Gasteiger charge is 2.37. The number of para-hydroxylation sites is 3. The first-order valence-corrected chi connectivity index (χ1v) is 43.8. The van der Waals surface area contributed by atoms with Gasteiger partial charge in [0.05, 0.1) is 88.3 Å². The summed E-state index contributed by atoms with van der Waals surface area (Å²) in [6.07, 6.45) is 12.1. The van der Waals surface area contributed by atoms with Crippen LogP contribution in [-0.2, 0) is 5.41 Å². The van der Waals surface area contributed by atoms with E-state index in [1.807, 2.05) is 36.5 Å². The molecule has 131 heavy (non-hydrogen) atoms. The van der Waals surface area contributed by atoms with Crippen LogP contribution in [0.4, 0.5) is 0 Å². The van der Waals surface area contributed by atoms with Gasteiger partial charge in [-0.2, -0.15) is 0 Å². The number of nitrogens with zero attached hydrogens (tertiary/aromatic N) is 11. The minimum Gasteiger partial charge on any atom is -0.342 e. The zero-order valence-corrected chi connectivity index (χ0v) is 71.6. The minimum atomic E-state index is -0.0716. The SMILES string of the molecule is CC1(C)c2ccccc2-c2cccc(-c3ccc(-c4cc(-c5ccc(-c6ccccc6)cc5)nc(-c5cnc[nH]5)n4)cc3)c21.c1ccc(-c2ccc(-c3cc(-c4ccc(-c5ccc6c7ccccc7n(-c7ccccc7)c6c5)cc4)nc(-c4cnc[nH]4)n3)cc2)cc1.c1ccc(-c2ccc(-c3cc(-c4ccc(-c5cccc6cccnc56)cc4)nc(-c4cnc[nH]4)n3)cc2)cc1. The number of rotatable bonds is 16. The summed E-state index contributed by atoms with van der Waals surface area (Å²) in [6, 6.07) is 141. The molecule has 15 aromatic carbocycles. The van der Waals surface area contributed by atoms with E-state index in [4.69, 9.17) is 29.9 Å². The summed E-state index contributed by atoms with van der Waals surface area (Å²) < 4.78 is 2.36. The average Bonchev–Trinajstić information content (AvgIpc) is 1.54. The Labute approximate surface area is 757 Å². The van der Waals surface area contributed by atoms with Crippen LogP contribution in [0.2, 0.25) is 0 Å². The van der Waals surface area contributed by atoms with Gasteiger partial charge in [0.2, 0.25) is 0 Å². The summed E-state index contributed by atoms with van der Waals surface area (Å²) >= 11 is 0. The number of hydrogen-bond donors (Lipinski definition) is 3. The van der Waals surface area contributed by atoms with Crippen molar-refractivity contribution >= 4 is 32.7 Å². The zero-order valence-electron chi connectivity index (χ0n) is 71.6. The fourth-order valence-electron chi connectivity index (χ4n) is 18.0. The predicted octanol–water partition coefficient (Wildman–Crippen LogP) is 28.6. The summed E-state index contributed by atoms with van der Waals surface area (Å²) in [5.41, 5.74) is 37.6. The molecule has 0 amide bonds.